The summed E-state index contributed by atoms with van der Waals surface area (Å²) >= 11 is 0. The van der Waals surface area contributed by atoms with Gasteiger partial charge in [-0.2, -0.15) is 0 Å². The van der Waals surface area contributed by atoms with Crippen LogP contribution in [0.5, 0.6) is 0 Å². The Balaban J connectivity index is 2.13. The molecule has 1 saturated carbocycles. The van der Waals surface area contributed by atoms with E-state index in [0.29, 0.717) is 17.8 Å². The van der Waals surface area contributed by atoms with Gasteiger partial charge in [-0.1, -0.05) is 19.1 Å². The first kappa shape index (κ1) is 15.5. The SMILES string of the molecule is CCC(C)NC(=O)c1ccccc1NC(=O)C1(CN)CC1. The zero-order valence-electron chi connectivity index (χ0n) is 12.6. The summed E-state index contributed by atoms with van der Waals surface area (Å²) in [5.74, 6) is -0.258. The summed E-state index contributed by atoms with van der Waals surface area (Å²) in [6.07, 6.45) is 2.49. The highest BCUT2D eigenvalue weighted by Gasteiger charge is 2.48. The third-order valence-electron chi connectivity index (χ3n) is 4.14. The highest BCUT2D eigenvalue weighted by molar-refractivity contribution is 6.05. The topological polar surface area (TPSA) is 84.2 Å². The number of carbonyl (C=O) groups excluding carboxylic acids is 2. The van der Waals surface area contributed by atoms with Gasteiger partial charge in [0.2, 0.25) is 5.91 Å². The van der Waals surface area contributed by atoms with Crippen LogP contribution in [0.3, 0.4) is 0 Å². The van der Waals surface area contributed by atoms with Gasteiger partial charge in [-0.25, -0.2) is 0 Å². The Morgan fingerprint density at radius 3 is 2.57 bits per heavy atom. The molecule has 1 atom stereocenters. The van der Waals surface area contributed by atoms with Crippen molar-refractivity contribution in [3.05, 3.63) is 29.8 Å². The smallest absolute Gasteiger partial charge is 0.253 e. The Kier molecular flexibility index (Phi) is 4.63. The van der Waals surface area contributed by atoms with E-state index in [9.17, 15) is 9.59 Å². The summed E-state index contributed by atoms with van der Waals surface area (Å²) in [5, 5.41) is 5.77. The molecule has 0 aliphatic heterocycles. The Labute approximate surface area is 125 Å². The van der Waals surface area contributed by atoms with Crippen LogP contribution >= 0.6 is 0 Å². The first-order valence-electron chi connectivity index (χ1n) is 7.44. The minimum Gasteiger partial charge on any atom is -0.350 e. The normalized spacial score (nSPS) is 16.9. The van der Waals surface area contributed by atoms with Crippen molar-refractivity contribution in [2.75, 3.05) is 11.9 Å². The molecule has 1 aliphatic carbocycles. The minimum atomic E-state index is -0.430. The van der Waals surface area contributed by atoms with Gasteiger partial charge in [0, 0.05) is 12.6 Å². The van der Waals surface area contributed by atoms with E-state index in [1.165, 1.54) is 0 Å². The minimum absolute atomic E-state index is 0.0891. The van der Waals surface area contributed by atoms with E-state index in [-0.39, 0.29) is 17.9 Å². The summed E-state index contributed by atoms with van der Waals surface area (Å²) in [7, 11) is 0. The molecule has 0 bridgehead atoms. The fourth-order valence-corrected chi connectivity index (χ4v) is 2.12. The summed E-state index contributed by atoms with van der Waals surface area (Å²) < 4.78 is 0. The van der Waals surface area contributed by atoms with Crippen molar-refractivity contribution in [3.63, 3.8) is 0 Å². The fourth-order valence-electron chi connectivity index (χ4n) is 2.12. The molecule has 1 fully saturated rings. The fraction of sp³-hybridized carbons (Fsp3) is 0.500. The van der Waals surface area contributed by atoms with Crippen molar-refractivity contribution >= 4 is 17.5 Å². The first-order valence-corrected chi connectivity index (χ1v) is 7.44. The molecule has 2 amide bonds. The van der Waals surface area contributed by atoms with Gasteiger partial charge in [0.05, 0.1) is 16.7 Å². The molecule has 1 unspecified atom stereocenters. The molecular weight excluding hydrogens is 266 g/mol. The number of carbonyl (C=O) groups is 2. The molecule has 114 valence electrons. The van der Waals surface area contributed by atoms with Crippen LogP contribution in [0.2, 0.25) is 0 Å². The molecule has 0 saturated heterocycles. The van der Waals surface area contributed by atoms with Crippen molar-refractivity contribution in [1.82, 2.24) is 5.32 Å². The number of nitrogens with two attached hydrogens (primary N) is 1. The van der Waals surface area contributed by atoms with Crippen LogP contribution in [0.4, 0.5) is 5.69 Å². The van der Waals surface area contributed by atoms with Gasteiger partial charge in [0.25, 0.3) is 5.91 Å². The van der Waals surface area contributed by atoms with E-state index >= 15 is 0 Å². The number of hydrogen-bond acceptors (Lipinski definition) is 3. The zero-order chi connectivity index (χ0) is 15.5. The molecule has 0 heterocycles. The Morgan fingerprint density at radius 2 is 2.00 bits per heavy atom. The van der Waals surface area contributed by atoms with Crippen LogP contribution in [0.15, 0.2) is 24.3 Å². The summed E-state index contributed by atoms with van der Waals surface area (Å²) in [6, 6.07) is 7.15. The lowest BCUT2D eigenvalue weighted by atomic mass is 10.1. The maximum atomic E-state index is 12.3. The standard InChI is InChI=1S/C16H23N3O2/c1-3-11(2)18-14(20)12-6-4-5-7-13(12)19-15(21)16(10-17)8-9-16/h4-7,11H,3,8-10,17H2,1-2H3,(H,18,20)(H,19,21). The van der Waals surface area contributed by atoms with Crippen molar-refractivity contribution in [1.29, 1.82) is 0 Å². The summed E-state index contributed by atoms with van der Waals surface area (Å²) in [5.41, 5.74) is 6.26. The predicted molar refractivity (Wildman–Crippen MR) is 83.0 cm³/mol. The second kappa shape index (κ2) is 6.26. The molecule has 0 aromatic heterocycles. The third kappa shape index (κ3) is 3.42. The average molecular weight is 289 g/mol. The van der Waals surface area contributed by atoms with E-state index in [2.05, 4.69) is 10.6 Å². The number of benzene rings is 1. The zero-order valence-corrected chi connectivity index (χ0v) is 12.6. The van der Waals surface area contributed by atoms with E-state index < -0.39 is 5.41 Å². The van der Waals surface area contributed by atoms with Gasteiger partial charge in [0.15, 0.2) is 0 Å². The molecule has 1 aromatic rings. The van der Waals surface area contributed by atoms with Crippen LogP contribution in [-0.2, 0) is 4.79 Å². The number of amides is 2. The predicted octanol–water partition coefficient (Wildman–Crippen LogP) is 1.89. The van der Waals surface area contributed by atoms with E-state index in [1.807, 2.05) is 13.8 Å². The molecule has 1 aliphatic rings. The quantitative estimate of drug-likeness (QED) is 0.747. The molecule has 1 aromatic carbocycles. The largest absolute Gasteiger partial charge is 0.350 e. The van der Waals surface area contributed by atoms with Gasteiger partial charge < -0.3 is 16.4 Å². The van der Waals surface area contributed by atoms with Crippen molar-refractivity contribution < 1.29 is 9.59 Å². The van der Waals surface area contributed by atoms with Gasteiger partial charge in [-0.05, 0) is 38.3 Å². The summed E-state index contributed by atoms with van der Waals surface area (Å²) in [6.45, 7) is 4.31. The number of anilines is 1. The second-order valence-electron chi connectivity index (χ2n) is 5.77. The molecule has 0 radical (unpaired) electrons. The maximum Gasteiger partial charge on any atom is 0.253 e. The molecule has 0 spiro atoms. The van der Waals surface area contributed by atoms with E-state index in [1.54, 1.807) is 24.3 Å². The van der Waals surface area contributed by atoms with Crippen molar-refractivity contribution in [3.8, 4) is 0 Å². The van der Waals surface area contributed by atoms with Crippen LogP contribution in [-0.4, -0.2) is 24.4 Å². The molecule has 2 rings (SSSR count). The lowest BCUT2D eigenvalue weighted by Crippen LogP contribution is -2.34. The van der Waals surface area contributed by atoms with Gasteiger partial charge in [0.1, 0.15) is 0 Å². The molecule has 5 heteroatoms. The van der Waals surface area contributed by atoms with Crippen LogP contribution in [0.1, 0.15) is 43.5 Å². The summed E-state index contributed by atoms with van der Waals surface area (Å²) in [4.78, 5) is 24.5. The maximum absolute atomic E-state index is 12.3. The Morgan fingerprint density at radius 1 is 1.33 bits per heavy atom. The first-order chi connectivity index (χ1) is 10.0. The van der Waals surface area contributed by atoms with E-state index in [4.69, 9.17) is 5.73 Å². The molecule has 4 N–H and O–H groups in total. The Bertz CT molecular complexity index is 538. The third-order valence-corrected chi connectivity index (χ3v) is 4.14. The van der Waals surface area contributed by atoms with Gasteiger partial charge in [-0.15, -0.1) is 0 Å². The van der Waals surface area contributed by atoms with Gasteiger partial charge in [-0.3, -0.25) is 9.59 Å². The Hall–Kier alpha value is -1.88. The van der Waals surface area contributed by atoms with Gasteiger partial charge >= 0.3 is 0 Å². The molecule has 21 heavy (non-hydrogen) atoms. The van der Waals surface area contributed by atoms with Crippen LogP contribution < -0.4 is 16.4 Å². The lowest BCUT2D eigenvalue weighted by molar-refractivity contribution is -0.120. The van der Waals surface area contributed by atoms with E-state index in [0.717, 1.165) is 19.3 Å². The van der Waals surface area contributed by atoms with Crippen molar-refractivity contribution in [2.24, 2.45) is 11.1 Å². The van der Waals surface area contributed by atoms with Crippen LogP contribution in [0, 0.1) is 5.41 Å². The highest BCUT2D eigenvalue weighted by atomic mass is 16.2. The highest BCUT2D eigenvalue weighted by Crippen LogP contribution is 2.45. The number of para-hydroxylation sites is 1. The molecule has 5 nitrogen and oxygen atoms in total. The lowest BCUT2D eigenvalue weighted by Gasteiger charge is -2.17. The monoisotopic (exact) mass is 289 g/mol. The number of hydrogen-bond donors (Lipinski definition) is 3. The molecular formula is C16H23N3O2. The second-order valence-corrected chi connectivity index (χ2v) is 5.77. The van der Waals surface area contributed by atoms with Crippen molar-refractivity contribution in [2.45, 2.75) is 39.2 Å². The number of nitrogens with one attached hydrogen (secondary N) is 2. The number of rotatable bonds is 6. The van der Waals surface area contributed by atoms with Crippen LogP contribution in [0.25, 0.3) is 0 Å². The average Bonchev–Trinajstić information content (AvgIpc) is 3.28.